The lowest BCUT2D eigenvalue weighted by atomic mass is 10.1. The highest BCUT2D eigenvalue weighted by Gasteiger charge is 2.26. The largest absolute Gasteiger partial charge is 0.368 e. The minimum Gasteiger partial charge on any atom is -0.368 e. The molecule has 2 aromatic rings. The average molecular weight is 314 g/mol. The van der Waals surface area contributed by atoms with Gasteiger partial charge in [-0.15, -0.1) is 0 Å². The topological polar surface area (TPSA) is 91.2 Å². The molecule has 0 saturated carbocycles. The van der Waals surface area contributed by atoms with Crippen LogP contribution in [0.2, 0.25) is 0 Å². The molecule has 2 amide bonds. The van der Waals surface area contributed by atoms with Gasteiger partial charge < -0.3 is 20.9 Å². The zero-order chi connectivity index (χ0) is 16.2. The molecule has 0 aliphatic carbocycles. The van der Waals surface area contributed by atoms with Crippen LogP contribution in [0.4, 0.5) is 0 Å². The highest BCUT2D eigenvalue weighted by atomic mass is 16.2. The number of rotatable bonds is 5. The molecule has 3 rings (SSSR count). The van der Waals surface area contributed by atoms with Crippen LogP contribution in [0.25, 0.3) is 10.9 Å². The van der Waals surface area contributed by atoms with Gasteiger partial charge in [-0.2, -0.15) is 0 Å². The highest BCUT2D eigenvalue weighted by Crippen LogP contribution is 2.19. The molecule has 1 fully saturated rings. The van der Waals surface area contributed by atoms with E-state index in [1.54, 1.807) is 4.90 Å². The number of amides is 2. The number of hydrogen-bond acceptors (Lipinski definition) is 3. The van der Waals surface area contributed by atoms with Gasteiger partial charge >= 0.3 is 0 Å². The summed E-state index contributed by atoms with van der Waals surface area (Å²) in [6, 6.07) is 7.74. The summed E-state index contributed by atoms with van der Waals surface area (Å²) in [5.41, 5.74) is 7.67. The van der Waals surface area contributed by atoms with E-state index in [0.717, 1.165) is 18.4 Å². The number of aryl methyl sites for hydroxylation is 1. The molecule has 4 N–H and O–H groups in total. The van der Waals surface area contributed by atoms with Gasteiger partial charge in [0, 0.05) is 43.2 Å². The first kappa shape index (κ1) is 15.6. The molecule has 1 unspecified atom stereocenters. The van der Waals surface area contributed by atoms with E-state index in [2.05, 4.69) is 22.4 Å². The van der Waals surface area contributed by atoms with Crippen LogP contribution >= 0.6 is 0 Å². The number of nitrogens with zero attached hydrogens (tertiary/aromatic N) is 1. The first-order valence-electron chi connectivity index (χ1n) is 8.00. The molecule has 0 bridgehead atoms. The van der Waals surface area contributed by atoms with E-state index in [-0.39, 0.29) is 5.91 Å². The second-order valence-electron chi connectivity index (χ2n) is 5.96. The molecule has 1 aromatic heterocycles. The number of nitrogens with one attached hydrogen (secondary N) is 2. The summed E-state index contributed by atoms with van der Waals surface area (Å²) in [7, 11) is 0. The van der Waals surface area contributed by atoms with Crippen LogP contribution in [0.3, 0.4) is 0 Å². The van der Waals surface area contributed by atoms with Crippen LogP contribution in [0.1, 0.15) is 18.4 Å². The number of nitrogens with two attached hydrogens (primary N) is 1. The number of primary amides is 1. The third-order valence-electron chi connectivity index (χ3n) is 4.38. The molecule has 6 heteroatoms. The van der Waals surface area contributed by atoms with Gasteiger partial charge in [-0.3, -0.25) is 9.59 Å². The lowest BCUT2D eigenvalue weighted by Gasteiger charge is -2.32. The Balaban J connectivity index is 1.52. The van der Waals surface area contributed by atoms with Crippen molar-refractivity contribution in [3.05, 3.63) is 36.0 Å². The molecular formula is C17H22N4O2. The third kappa shape index (κ3) is 3.53. The van der Waals surface area contributed by atoms with Crippen LogP contribution in [-0.4, -0.2) is 47.4 Å². The summed E-state index contributed by atoms with van der Waals surface area (Å²) in [5, 5.41) is 4.25. The normalized spacial score (nSPS) is 18.3. The second kappa shape index (κ2) is 6.83. The molecule has 1 aromatic carbocycles. The third-order valence-corrected chi connectivity index (χ3v) is 4.38. The van der Waals surface area contributed by atoms with Crippen LogP contribution in [0, 0.1) is 0 Å². The van der Waals surface area contributed by atoms with Crippen molar-refractivity contribution in [3.8, 4) is 0 Å². The van der Waals surface area contributed by atoms with Crippen molar-refractivity contribution in [1.82, 2.24) is 15.2 Å². The molecule has 1 saturated heterocycles. The molecule has 2 heterocycles. The van der Waals surface area contributed by atoms with Gasteiger partial charge in [-0.05, 0) is 24.5 Å². The molecular weight excluding hydrogens is 292 g/mol. The zero-order valence-corrected chi connectivity index (χ0v) is 13.0. The van der Waals surface area contributed by atoms with Crippen molar-refractivity contribution in [2.24, 2.45) is 5.73 Å². The van der Waals surface area contributed by atoms with Gasteiger partial charge in [0.15, 0.2) is 0 Å². The van der Waals surface area contributed by atoms with Crippen molar-refractivity contribution in [3.63, 3.8) is 0 Å². The number of benzene rings is 1. The van der Waals surface area contributed by atoms with Crippen molar-refractivity contribution >= 4 is 22.7 Å². The van der Waals surface area contributed by atoms with E-state index in [0.29, 0.717) is 26.1 Å². The summed E-state index contributed by atoms with van der Waals surface area (Å²) in [6.07, 6.45) is 4.17. The average Bonchev–Trinajstić information content (AvgIpc) is 2.98. The highest BCUT2D eigenvalue weighted by molar-refractivity contribution is 5.84. The summed E-state index contributed by atoms with van der Waals surface area (Å²) in [4.78, 5) is 28.5. The van der Waals surface area contributed by atoms with Crippen molar-refractivity contribution in [2.45, 2.75) is 25.3 Å². The summed E-state index contributed by atoms with van der Waals surface area (Å²) < 4.78 is 0. The Bertz CT molecular complexity index is 709. The molecule has 0 spiro atoms. The minimum absolute atomic E-state index is 0.0950. The van der Waals surface area contributed by atoms with Gasteiger partial charge in [0.1, 0.15) is 6.04 Å². The summed E-state index contributed by atoms with van der Waals surface area (Å²) >= 11 is 0. The van der Waals surface area contributed by atoms with E-state index >= 15 is 0 Å². The van der Waals surface area contributed by atoms with E-state index in [9.17, 15) is 9.59 Å². The van der Waals surface area contributed by atoms with Gasteiger partial charge in [0.2, 0.25) is 11.8 Å². The van der Waals surface area contributed by atoms with E-state index < -0.39 is 11.9 Å². The summed E-state index contributed by atoms with van der Waals surface area (Å²) in [5.74, 6) is -0.307. The summed E-state index contributed by atoms with van der Waals surface area (Å²) in [6.45, 7) is 1.62. The first-order valence-corrected chi connectivity index (χ1v) is 8.00. The Hall–Kier alpha value is -2.34. The number of H-pyrrole nitrogens is 1. The molecule has 1 aliphatic heterocycles. The number of fused-ring (bicyclic) bond motifs is 1. The van der Waals surface area contributed by atoms with Crippen molar-refractivity contribution < 1.29 is 9.59 Å². The number of hydrogen-bond donors (Lipinski definition) is 3. The lowest BCUT2D eigenvalue weighted by molar-refractivity contribution is -0.133. The van der Waals surface area contributed by atoms with Crippen molar-refractivity contribution in [2.75, 3.05) is 19.6 Å². The Morgan fingerprint density at radius 1 is 1.30 bits per heavy atom. The Kier molecular flexibility index (Phi) is 4.62. The predicted molar refractivity (Wildman–Crippen MR) is 88.8 cm³/mol. The molecule has 6 nitrogen and oxygen atoms in total. The van der Waals surface area contributed by atoms with Gasteiger partial charge in [-0.25, -0.2) is 0 Å². The van der Waals surface area contributed by atoms with Crippen LogP contribution in [0.15, 0.2) is 30.5 Å². The van der Waals surface area contributed by atoms with Crippen LogP contribution in [0.5, 0.6) is 0 Å². The number of carbonyl (C=O) groups excluding carboxylic acids is 2. The molecule has 1 atom stereocenters. The molecule has 0 radical (unpaired) electrons. The van der Waals surface area contributed by atoms with Gasteiger partial charge in [0.05, 0.1) is 0 Å². The number of aromatic amines is 1. The van der Waals surface area contributed by atoms with E-state index in [4.69, 9.17) is 5.73 Å². The minimum atomic E-state index is -0.429. The maximum Gasteiger partial charge on any atom is 0.236 e. The van der Waals surface area contributed by atoms with E-state index in [1.165, 1.54) is 10.9 Å². The zero-order valence-electron chi connectivity index (χ0n) is 13.0. The fraction of sp³-hybridized carbons (Fsp3) is 0.412. The maximum atomic E-state index is 12.3. The second-order valence-corrected chi connectivity index (χ2v) is 5.96. The SMILES string of the molecule is NC(=O)C1CN(C(=O)CCCc2c[nH]c3ccccc23)CCN1. The smallest absolute Gasteiger partial charge is 0.236 e. The predicted octanol–water partition coefficient (Wildman–Crippen LogP) is 0.776. The molecule has 122 valence electrons. The fourth-order valence-corrected chi connectivity index (χ4v) is 3.09. The Morgan fingerprint density at radius 2 is 2.13 bits per heavy atom. The maximum absolute atomic E-state index is 12.3. The number of para-hydroxylation sites is 1. The quantitative estimate of drug-likeness (QED) is 0.761. The first-order chi connectivity index (χ1) is 11.1. The Labute approximate surface area is 135 Å². The standard InChI is InChI=1S/C17H22N4O2/c18-17(23)15-11-21(9-8-19-15)16(22)7-3-4-12-10-20-14-6-2-1-5-13(12)14/h1-2,5-6,10,15,19-20H,3-4,7-9,11H2,(H2,18,23). The Morgan fingerprint density at radius 3 is 2.96 bits per heavy atom. The monoisotopic (exact) mass is 314 g/mol. The van der Waals surface area contributed by atoms with Crippen molar-refractivity contribution in [1.29, 1.82) is 0 Å². The number of piperazine rings is 1. The van der Waals surface area contributed by atoms with Gasteiger partial charge in [-0.1, -0.05) is 18.2 Å². The van der Waals surface area contributed by atoms with Gasteiger partial charge in [0.25, 0.3) is 0 Å². The molecule has 23 heavy (non-hydrogen) atoms. The van der Waals surface area contributed by atoms with E-state index in [1.807, 2.05) is 18.3 Å². The lowest BCUT2D eigenvalue weighted by Crippen LogP contribution is -2.57. The van der Waals surface area contributed by atoms with Crippen LogP contribution < -0.4 is 11.1 Å². The number of aromatic nitrogens is 1. The van der Waals surface area contributed by atoms with Crippen LogP contribution in [-0.2, 0) is 16.0 Å². The molecule has 1 aliphatic rings. The number of carbonyl (C=O) groups is 2. The fourth-order valence-electron chi connectivity index (χ4n) is 3.09.